The van der Waals surface area contributed by atoms with Gasteiger partial charge in [0.05, 0.1) is 29.6 Å². The number of Topliss-reactive ketones (excluding diaryl/α,β-unsaturated/α-hetero) is 1. The maximum absolute atomic E-state index is 13.1. The number of nitrogens with zero attached hydrogens (tertiary/aromatic N) is 6. The molecule has 0 amide bonds. The molecule has 1 atom stereocenters. The molecule has 5 rings (SSSR count). The van der Waals surface area contributed by atoms with Crippen molar-refractivity contribution in [2.45, 2.75) is 46.2 Å². The SMILES string of the molecule is CC(C)CN1CCCC(C(=O)Cc2cc3nc(-c4cnn5c4CN(CCF)CC5)ccc3cn2)C1. The molecule has 2 aliphatic heterocycles. The fourth-order valence-corrected chi connectivity index (χ4v) is 5.45. The second-order valence-corrected chi connectivity index (χ2v) is 10.4. The van der Waals surface area contributed by atoms with Crippen LogP contribution in [0.15, 0.2) is 30.6 Å². The zero-order valence-corrected chi connectivity index (χ0v) is 20.8. The van der Waals surface area contributed by atoms with Gasteiger partial charge in [0.15, 0.2) is 0 Å². The van der Waals surface area contributed by atoms with Crippen LogP contribution in [0.2, 0.25) is 0 Å². The molecule has 0 radical (unpaired) electrons. The fourth-order valence-electron chi connectivity index (χ4n) is 5.45. The Morgan fingerprint density at radius 2 is 2.06 bits per heavy atom. The molecule has 5 heterocycles. The second-order valence-electron chi connectivity index (χ2n) is 10.4. The van der Waals surface area contributed by atoms with Crippen LogP contribution in [0.25, 0.3) is 22.2 Å². The highest BCUT2D eigenvalue weighted by atomic mass is 19.1. The van der Waals surface area contributed by atoms with Crippen LogP contribution in [0, 0.1) is 11.8 Å². The fraction of sp³-hybridized carbons (Fsp3) is 0.556. The molecule has 1 fully saturated rings. The molecule has 0 N–H and O–H groups in total. The lowest BCUT2D eigenvalue weighted by atomic mass is 9.91. The van der Waals surface area contributed by atoms with Crippen LogP contribution in [0.1, 0.15) is 38.1 Å². The molecule has 0 aliphatic carbocycles. The van der Waals surface area contributed by atoms with Crippen LogP contribution >= 0.6 is 0 Å². The summed E-state index contributed by atoms with van der Waals surface area (Å²) in [5.41, 5.74) is 4.52. The van der Waals surface area contributed by atoms with E-state index >= 15 is 0 Å². The van der Waals surface area contributed by atoms with Gasteiger partial charge in [0, 0.05) is 67.9 Å². The van der Waals surface area contributed by atoms with Gasteiger partial charge in [-0.3, -0.25) is 19.4 Å². The number of hydrogen-bond acceptors (Lipinski definition) is 6. The number of hydrogen-bond donors (Lipinski definition) is 0. The number of alkyl halides is 1. The summed E-state index contributed by atoms with van der Waals surface area (Å²) in [5, 5.41) is 5.49. The number of aromatic nitrogens is 4. The van der Waals surface area contributed by atoms with E-state index in [9.17, 15) is 9.18 Å². The number of carbonyl (C=O) groups is 1. The van der Waals surface area contributed by atoms with Crippen LogP contribution < -0.4 is 0 Å². The number of pyridine rings is 2. The quantitative estimate of drug-likeness (QED) is 0.491. The van der Waals surface area contributed by atoms with Crippen LogP contribution in [-0.4, -0.2) is 74.7 Å². The summed E-state index contributed by atoms with van der Waals surface area (Å²) in [6.45, 7) is 9.79. The normalized spacial score (nSPS) is 19.4. The summed E-state index contributed by atoms with van der Waals surface area (Å²) < 4.78 is 14.9. The Hall–Kier alpha value is -2.71. The third-order valence-corrected chi connectivity index (χ3v) is 7.20. The van der Waals surface area contributed by atoms with E-state index in [-0.39, 0.29) is 18.4 Å². The van der Waals surface area contributed by atoms with Crippen molar-refractivity contribution in [2.24, 2.45) is 11.8 Å². The molecule has 186 valence electrons. The van der Waals surface area contributed by atoms with Crippen molar-refractivity contribution in [3.05, 3.63) is 42.0 Å². The summed E-state index contributed by atoms with van der Waals surface area (Å²) in [6, 6.07) is 5.97. The lowest BCUT2D eigenvalue weighted by Gasteiger charge is -2.33. The van der Waals surface area contributed by atoms with E-state index in [2.05, 4.69) is 33.7 Å². The van der Waals surface area contributed by atoms with E-state index < -0.39 is 0 Å². The molecule has 3 aromatic rings. The summed E-state index contributed by atoms with van der Waals surface area (Å²) in [5.74, 6) is 0.977. The zero-order chi connectivity index (χ0) is 24.4. The van der Waals surface area contributed by atoms with Gasteiger partial charge < -0.3 is 4.90 Å². The Labute approximate surface area is 206 Å². The van der Waals surface area contributed by atoms with Crippen LogP contribution in [0.3, 0.4) is 0 Å². The van der Waals surface area contributed by atoms with Gasteiger partial charge in [0.25, 0.3) is 0 Å². The molecule has 0 spiro atoms. The molecular weight excluding hydrogens is 443 g/mol. The number of carbonyl (C=O) groups excluding carboxylic acids is 1. The Kier molecular flexibility index (Phi) is 7.20. The number of rotatable bonds is 8. The number of piperidine rings is 1. The minimum atomic E-state index is -0.344. The summed E-state index contributed by atoms with van der Waals surface area (Å²) >= 11 is 0. The smallest absolute Gasteiger partial charge is 0.143 e. The van der Waals surface area contributed by atoms with Crippen molar-refractivity contribution in [1.29, 1.82) is 0 Å². The molecule has 3 aromatic heterocycles. The van der Waals surface area contributed by atoms with Crippen LogP contribution in [-0.2, 0) is 24.3 Å². The maximum atomic E-state index is 13.1. The zero-order valence-electron chi connectivity index (χ0n) is 20.8. The van der Waals surface area contributed by atoms with Gasteiger partial charge in [0.1, 0.15) is 12.5 Å². The standard InChI is InChI=1S/C27H35FN6O/c1-19(2)16-33-8-3-4-21(17-33)27(35)13-22-12-25-20(14-29-22)5-6-24(31-25)23-15-30-34-11-10-32(9-7-28)18-26(23)34/h5-6,12,14-15,19,21H,3-4,7-11,13,16-18H2,1-2H3. The van der Waals surface area contributed by atoms with Crippen LogP contribution in [0.4, 0.5) is 4.39 Å². The van der Waals surface area contributed by atoms with Gasteiger partial charge >= 0.3 is 0 Å². The first-order chi connectivity index (χ1) is 17.0. The molecule has 8 heteroatoms. The monoisotopic (exact) mass is 478 g/mol. The number of halogens is 1. The highest BCUT2D eigenvalue weighted by Crippen LogP contribution is 2.28. The van der Waals surface area contributed by atoms with E-state index in [1.54, 1.807) is 0 Å². The van der Waals surface area contributed by atoms with E-state index in [0.29, 0.717) is 25.4 Å². The molecule has 0 saturated carbocycles. The van der Waals surface area contributed by atoms with Crippen molar-refractivity contribution in [2.75, 3.05) is 39.4 Å². The Morgan fingerprint density at radius 1 is 1.17 bits per heavy atom. The molecular formula is C27H35FN6O. The summed E-state index contributed by atoms with van der Waals surface area (Å²) in [6.07, 6.45) is 6.08. The molecule has 1 saturated heterocycles. The van der Waals surface area contributed by atoms with Crippen molar-refractivity contribution >= 4 is 16.7 Å². The lowest BCUT2D eigenvalue weighted by molar-refractivity contribution is -0.124. The third kappa shape index (κ3) is 5.43. The summed E-state index contributed by atoms with van der Waals surface area (Å²) in [4.78, 5) is 27.1. The van der Waals surface area contributed by atoms with Crippen molar-refractivity contribution in [3.63, 3.8) is 0 Å². The molecule has 1 unspecified atom stereocenters. The lowest BCUT2D eigenvalue weighted by Crippen LogP contribution is -2.40. The molecule has 2 aliphatic rings. The predicted molar refractivity (Wildman–Crippen MR) is 135 cm³/mol. The van der Waals surface area contributed by atoms with E-state index in [1.165, 1.54) is 0 Å². The highest BCUT2D eigenvalue weighted by molar-refractivity contribution is 5.85. The minimum Gasteiger partial charge on any atom is -0.302 e. The van der Waals surface area contributed by atoms with Crippen molar-refractivity contribution in [1.82, 2.24) is 29.5 Å². The van der Waals surface area contributed by atoms with Gasteiger partial charge in [-0.2, -0.15) is 5.10 Å². The molecule has 0 aromatic carbocycles. The average molecular weight is 479 g/mol. The van der Waals surface area contributed by atoms with E-state index in [0.717, 1.165) is 79.1 Å². The first-order valence-corrected chi connectivity index (χ1v) is 12.8. The van der Waals surface area contributed by atoms with E-state index in [1.807, 2.05) is 35.3 Å². The number of fused-ring (bicyclic) bond motifs is 2. The average Bonchev–Trinajstić information content (AvgIpc) is 3.27. The third-order valence-electron chi connectivity index (χ3n) is 7.20. The largest absolute Gasteiger partial charge is 0.302 e. The minimum absolute atomic E-state index is 0.0884. The van der Waals surface area contributed by atoms with Crippen molar-refractivity contribution < 1.29 is 9.18 Å². The van der Waals surface area contributed by atoms with Crippen LogP contribution in [0.5, 0.6) is 0 Å². The van der Waals surface area contributed by atoms with Gasteiger partial charge in [-0.1, -0.05) is 13.8 Å². The molecule has 0 bridgehead atoms. The topological polar surface area (TPSA) is 67.2 Å². The number of likely N-dealkylation sites (tertiary alicyclic amines) is 1. The van der Waals surface area contributed by atoms with E-state index in [4.69, 9.17) is 4.98 Å². The second kappa shape index (κ2) is 10.5. The van der Waals surface area contributed by atoms with Gasteiger partial charge in [-0.25, -0.2) is 9.37 Å². The van der Waals surface area contributed by atoms with Gasteiger partial charge in [-0.15, -0.1) is 0 Å². The maximum Gasteiger partial charge on any atom is 0.143 e. The predicted octanol–water partition coefficient (Wildman–Crippen LogP) is 3.76. The van der Waals surface area contributed by atoms with Gasteiger partial charge in [-0.05, 0) is 43.5 Å². The Morgan fingerprint density at radius 3 is 2.89 bits per heavy atom. The summed E-state index contributed by atoms with van der Waals surface area (Å²) in [7, 11) is 0. The molecule has 35 heavy (non-hydrogen) atoms. The highest BCUT2D eigenvalue weighted by Gasteiger charge is 2.26. The van der Waals surface area contributed by atoms with Gasteiger partial charge in [0.2, 0.25) is 0 Å². The van der Waals surface area contributed by atoms with Crippen molar-refractivity contribution in [3.8, 4) is 11.3 Å². The molecule has 7 nitrogen and oxygen atoms in total. The number of ketones is 1. The first-order valence-electron chi connectivity index (χ1n) is 12.8. The first kappa shape index (κ1) is 24.0. The Bertz CT molecular complexity index is 1190. The Balaban J connectivity index is 1.33.